The Labute approximate surface area is 96.2 Å². The summed E-state index contributed by atoms with van der Waals surface area (Å²) in [5.74, 6) is -0.0802. The second kappa shape index (κ2) is 4.98. The minimum atomic E-state index is -0.275. The predicted octanol–water partition coefficient (Wildman–Crippen LogP) is 1.88. The molecule has 0 aliphatic rings. The third-order valence-electron chi connectivity index (χ3n) is 1.77. The van der Waals surface area contributed by atoms with E-state index in [1.165, 1.54) is 11.8 Å². The maximum absolute atomic E-state index is 11.1. The maximum Gasteiger partial charge on any atom is 0.316 e. The molecule has 2 rings (SSSR count). The highest BCUT2D eigenvalue weighted by molar-refractivity contribution is 7.99. The molecule has 0 spiro atoms. The molecule has 2 aromatic heterocycles. The summed E-state index contributed by atoms with van der Waals surface area (Å²) in [6.07, 6.45) is 1.63. The van der Waals surface area contributed by atoms with Gasteiger partial charge in [-0.25, -0.2) is 9.97 Å². The summed E-state index contributed by atoms with van der Waals surface area (Å²) in [4.78, 5) is 19.3. The molecule has 16 heavy (non-hydrogen) atoms. The number of thioether (sulfide) groups is 1. The SMILES string of the molecule is CCOC(=O)CSc1nc2cccnc2o1. The van der Waals surface area contributed by atoms with Crippen molar-refractivity contribution in [3.63, 3.8) is 0 Å². The van der Waals surface area contributed by atoms with Gasteiger partial charge in [0, 0.05) is 6.20 Å². The normalized spacial score (nSPS) is 10.6. The third-order valence-corrected chi connectivity index (χ3v) is 2.57. The summed E-state index contributed by atoms with van der Waals surface area (Å²) >= 11 is 1.20. The highest BCUT2D eigenvalue weighted by atomic mass is 32.2. The van der Waals surface area contributed by atoms with Crippen LogP contribution in [-0.4, -0.2) is 28.3 Å². The molecule has 0 atom stereocenters. The predicted molar refractivity (Wildman–Crippen MR) is 59.2 cm³/mol. The van der Waals surface area contributed by atoms with E-state index in [0.717, 1.165) is 0 Å². The molecular formula is C10H10N2O3S. The van der Waals surface area contributed by atoms with Crippen molar-refractivity contribution in [2.45, 2.75) is 12.1 Å². The van der Waals surface area contributed by atoms with Gasteiger partial charge in [0.1, 0.15) is 11.3 Å². The van der Waals surface area contributed by atoms with Gasteiger partial charge in [-0.15, -0.1) is 0 Å². The molecule has 0 aliphatic carbocycles. The third kappa shape index (κ3) is 2.52. The summed E-state index contributed by atoms with van der Waals surface area (Å²) < 4.78 is 10.1. The molecule has 0 saturated carbocycles. The summed E-state index contributed by atoms with van der Waals surface area (Å²) in [5.41, 5.74) is 1.17. The van der Waals surface area contributed by atoms with Crippen LogP contribution in [0.3, 0.4) is 0 Å². The Kier molecular flexibility index (Phi) is 3.40. The molecule has 0 unspecified atom stereocenters. The molecule has 0 bridgehead atoms. The van der Waals surface area contributed by atoms with Gasteiger partial charge in [0.05, 0.1) is 6.61 Å². The van der Waals surface area contributed by atoms with Crippen LogP contribution in [0.1, 0.15) is 6.92 Å². The molecule has 0 aromatic carbocycles. The molecule has 2 aromatic rings. The van der Waals surface area contributed by atoms with E-state index >= 15 is 0 Å². The van der Waals surface area contributed by atoms with Crippen molar-refractivity contribution in [2.24, 2.45) is 0 Å². The number of esters is 1. The van der Waals surface area contributed by atoms with E-state index in [1.54, 1.807) is 25.3 Å². The van der Waals surface area contributed by atoms with Gasteiger partial charge < -0.3 is 9.15 Å². The Bertz CT molecular complexity index is 465. The van der Waals surface area contributed by atoms with E-state index in [9.17, 15) is 4.79 Å². The molecule has 2 heterocycles. The first kappa shape index (κ1) is 10.9. The van der Waals surface area contributed by atoms with Crippen LogP contribution < -0.4 is 0 Å². The minimum Gasteiger partial charge on any atom is -0.465 e. The van der Waals surface area contributed by atoms with E-state index < -0.39 is 0 Å². The van der Waals surface area contributed by atoms with E-state index in [1.807, 2.05) is 0 Å². The fourth-order valence-electron chi connectivity index (χ4n) is 1.13. The lowest BCUT2D eigenvalue weighted by Crippen LogP contribution is -2.06. The molecule has 5 nitrogen and oxygen atoms in total. The Hall–Kier alpha value is -1.56. The Morgan fingerprint density at radius 1 is 1.62 bits per heavy atom. The van der Waals surface area contributed by atoms with E-state index in [4.69, 9.17) is 9.15 Å². The van der Waals surface area contributed by atoms with Crippen molar-refractivity contribution in [3.05, 3.63) is 18.3 Å². The number of fused-ring (bicyclic) bond motifs is 1. The number of hydrogen-bond acceptors (Lipinski definition) is 6. The van der Waals surface area contributed by atoms with Crippen molar-refractivity contribution < 1.29 is 13.9 Å². The van der Waals surface area contributed by atoms with Crippen molar-refractivity contribution in [2.75, 3.05) is 12.4 Å². The molecule has 0 N–H and O–H groups in total. The van der Waals surface area contributed by atoms with Crippen LogP contribution in [0.2, 0.25) is 0 Å². The summed E-state index contributed by atoms with van der Waals surface area (Å²) in [7, 11) is 0. The lowest BCUT2D eigenvalue weighted by Gasteiger charge is -1.97. The molecule has 6 heteroatoms. The second-order valence-electron chi connectivity index (χ2n) is 2.90. The van der Waals surface area contributed by atoms with Gasteiger partial charge in [0.2, 0.25) is 5.71 Å². The fourth-order valence-corrected chi connectivity index (χ4v) is 1.76. The Morgan fingerprint density at radius 3 is 3.25 bits per heavy atom. The van der Waals surface area contributed by atoms with Gasteiger partial charge in [0.25, 0.3) is 5.22 Å². The fraction of sp³-hybridized carbons (Fsp3) is 0.300. The van der Waals surface area contributed by atoms with Crippen molar-refractivity contribution in [1.82, 2.24) is 9.97 Å². The van der Waals surface area contributed by atoms with Crippen molar-refractivity contribution in [3.8, 4) is 0 Å². The van der Waals surface area contributed by atoms with Crippen molar-refractivity contribution >= 4 is 29.0 Å². The molecule has 0 saturated heterocycles. The molecule has 84 valence electrons. The average molecular weight is 238 g/mol. The number of oxazole rings is 1. The van der Waals surface area contributed by atoms with E-state index in [0.29, 0.717) is 23.1 Å². The van der Waals surface area contributed by atoms with E-state index in [-0.39, 0.29) is 11.7 Å². The number of nitrogens with zero attached hydrogens (tertiary/aromatic N) is 2. The van der Waals surface area contributed by atoms with Gasteiger partial charge >= 0.3 is 5.97 Å². The monoisotopic (exact) mass is 238 g/mol. The van der Waals surface area contributed by atoms with Crippen LogP contribution in [0, 0.1) is 0 Å². The highest BCUT2D eigenvalue weighted by Crippen LogP contribution is 2.21. The lowest BCUT2D eigenvalue weighted by atomic mass is 10.5. The quantitative estimate of drug-likeness (QED) is 0.598. The number of aromatic nitrogens is 2. The topological polar surface area (TPSA) is 65.2 Å². The number of hydrogen-bond donors (Lipinski definition) is 0. The summed E-state index contributed by atoms with van der Waals surface area (Å²) in [6.45, 7) is 2.15. The zero-order chi connectivity index (χ0) is 11.4. The Balaban J connectivity index is 2.02. The highest BCUT2D eigenvalue weighted by Gasteiger charge is 2.09. The van der Waals surface area contributed by atoms with Crippen LogP contribution >= 0.6 is 11.8 Å². The van der Waals surface area contributed by atoms with E-state index in [2.05, 4.69) is 9.97 Å². The first-order valence-electron chi connectivity index (χ1n) is 4.79. The van der Waals surface area contributed by atoms with Crippen LogP contribution in [-0.2, 0) is 9.53 Å². The summed E-state index contributed by atoms with van der Waals surface area (Å²) in [5, 5.41) is 0.432. The standard InChI is InChI=1S/C10H10N2O3S/c1-2-14-8(13)6-16-10-12-7-4-3-5-11-9(7)15-10/h3-5H,2,6H2,1H3. The number of carbonyl (C=O) groups excluding carboxylic acids is 1. The van der Waals surface area contributed by atoms with Gasteiger partial charge in [-0.2, -0.15) is 0 Å². The number of pyridine rings is 1. The van der Waals surface area contributed by atoms with Crippen LogP contribution in [0.4, 0.5) is 0 Å². The minimum absolute atomic E-state index is 0.195. The van der Waals surface area contributed by atoms with Gasteiger partial charge in [-0.3, -0.25) is 4.79 Å². The zero-order valence-electron chi connectivity index (χ0n) is 8.67. The first-order chi connectivity index (χ1) is 7.79. The second-order valence-corrected chi connectivity index (χ2v) is 3.83. The molecular weight excluding hydrogens is 228 g/mol. The molecule has 0 amide bonds. The van der Waals surface area contributed by atoms with Crippen LogP contribution in [0.15, 0.2) is 28.0 Å². The summed E-state index contributed by atoms with van der Waals surface area (Å²) in [6, 6.07) is 3.59. The average Bonchev–Trinajstić information content (AvgIpc) is 2.69. The number of carbonyl (C=O) groups is 1. The van der Waals surface area contributed by atoms with Crippen LogP contribution in [0.5, 0.6) is 0 Å². The Morgan fingerprint density at radius 2 is 2.50 bits per heavy atom. The smallest absolute Gasteiger partial charge is 0.316 e. The number of rotatable bonds is 4. The number of ether oxygens (including phenoxy) is 1. The zero-order valence-corrected chi connectivity index (χ0v) is 9.49. The molecule has 0 aliphatic heterocycles. The molecule has 0 radical (unpaired) electrons. The van der Waals surface area contributed by atoms with Gasteiger partial charge in [0.15, 0.2) is 0 Å². The lowest BCUT2D eigenvalue weighted by molar-refractivity contribution is -0.139. The van der Waals surface area contributed by atoms with Crippen LogP contribution in [0.25, 0.3) is 11.2 Å². The van der Waals surface area contributed by atoms with Gasteiger partial charge in [-0.1, -0.05) is 11.8 Å². The molecule has 0 fully saturated rings. The van der Waals surface area contributed by atoms with Gasteiger partial charge in [-0.05, 0) is 19.1 Å². The van der Waals surface area contributed by atoms with Crippen molar-refractivity contribution in [1.29, 1.82) is 0 Å². The maximum atomic E-state index is 11.1. The first-order valence-corrected chi connectivity index (χ1v) is 5.78. The largest absolute Gasteiger partial charge is 0.465 e.